The van der Waals surface area contributed by atoms with Crippen molar-refractivity contribution in [2.75, 3.05) is 6.61 Å². The number of aromatic nitrogens is 2. The van der Waals surface area contributed by atoms with Gasteiger partial charge in [-0.25, -0.2) is 4.98 Å². The van der Waals surface area contributed by atoms with E-state index in [1.165, 1.54) is 0 Å². The number of ether oxygens (including phenoxy) is 1. The van der Waals surface area contributed by atoms with Crippen LogP contribution in [0.3, 0.4) is 0 Å². The number of nitrogens with zero attached hydrogens (tertiary/aromatic N) is 2. The van der Waals surface area contributed by atoms with Crippen LogP contribution in [0.15, 0.2) is 36.9 Å². The van der Waals surface area contributed by atoms with Gasteiger partial charge < -0.3 is 14.6 Å². The van der Waals surface area contributed by atoms with Gasteiger partial charge in [-0.1, -0.05) is 11.6 Å². The van der Waals surface area contributed by atoms with E-state index < -0.39 is 0 Å². The molecule has 1 fully saturated rings. The second-order valence-corrected chi connectivity index (χ2v) is 6.95. The van der Waals surface area contributed by atoms with Crippen molar-refractivity contribution in [1.29, 1.82) is 0 Å². The van der Waals surface area contributed by atoms with Gasteiger partial charge in [0.05, 0.1) is 19.0 Å². The molecule has 1 amide bonds. The molecule has 0 radical (unpaired) electrons. The van der Waals surface area contributed by atoms with Crippen LogP contribution in [-0.4, -0.2) is 28.1 Å². The van der Waals surface area contributed by atoms with E-state index in [1.807, 2.05) is 37.6 Å². The highest BCUT2D eigenvalue weighted by molar-refractivity contribution is 6.31. The van der Waals surface area contributed by atoms with Gasteiger partial charge in [0.15, 0.2) is 0 Å². The Labute approximate surface area is 153 Å². The van der Waals surface area contributed by atoms with E-state index in [1.54, 1.807) is 6.20 Å². The third-order valence-corrected chi connectivity index (χ3v) is 5.10. The molecule has 1 heterocycles. The molecule has 1 aromatic carbocycles. The van der Waals surface area contributed by atoms with Crippen LogP contribution in [0.25, 0.3) is 0 Å². The summed E-state index contributed by atoms with van der Waals surface area (Å²) in [6, 6.07) is 6.11. The number of rotatable bonds is 7. The van der Waals surface area contributed by atoms with Gasteiger partial charge in [-0.3, -0.25) is 4.79 Å². The molecular weight excluding hydrogens is 338 g/mol. The maximum Gasteiger partial charge on any atom is 0.220 e. The van der Waals surface area contributed by atoms with Gasteiger partial charge in [0, 0.05) is 29.9 Å². The van der Waals surface area contributed by atoms with Gasteiger partial charge in [-0.05, 0) is 56.4 Å². The molecule has 6 heteroatoms. The smallest absolute Gasteiger partial charge is 0.220 e. The third kappa shape index (κ3) is 4.75. The van der Waals surface area contributed by atoms with Crippen LogP contribution in [0, 0.1) is 6.92 Å². The number of hydrogen-bond acceptors (Lipinski definition) is 3. The number of carbonyl (C=O) groups excluding carboxylic acids is 1. The predicted octanol–water partition coefficient (Wildman–Crippen LogP) is 3.91. The van der Waals surface area contributed by atoms with Gasteiger partial charge >= 0.3 is 0 Å². The van der Waals surface area contributed by atoms with Crippen molar-refractivity contribution in [2.24, 2.45) is 0 Å². The lowest BCUT2D eigenvalue weighted by Gasteiger charge is -2.22. The molecule has 25 heavy (non-hydrogen) atoms. The number of nitrogens with one attached hydrogen (secondary N) is 1. The fourth-order valence-electron chi connectivity index (χ4n) is 3.34. The Kier molecular flexibility index (Phi) is 5.97. The van der Waals surface area contributed by atoms with Crippen LogP contribution >= 0.6 is 11.6 Å². The van der Waals surface area contributed by atoms with Gasteiger partial charge in [-0.2, -0.15) is 0 Å². The van der Waals surface area contributed by atoms with E-state index in [4.69, 9.17) is 16.3 Å². The summed E-state index contributed by atoms with van der Waals surface area (Å²) >= 11 is 6.00. The summed E-state index contributed by atoms with van der Waals surface area (Å²) in [5, 5.41) is 3.90. The number of imidazole rings is 1. The third-order valence-electron chi connectivity index (χ3n) is 4.68. The summed E-state index contributed by atoms with van der Waals surface area (Å²) in [5.74, 6) is 0.881. The van der Waals surface area contributed by atoms with E-state index in [2.05, 4.69) is 14.9 Å². The molecule has 2 atom stereocenters. The van der Waals surface area contributed by atoms with E-state index in [-0.39, 0.29) is 11.9 Å². The molecule has 1 aliphatic carbocycles. The number of aryl methyl sites for hydroxylation is 1. The number of hydrogen-bond donors (Lipinski definition) is 1. The molecule has 0 bridgehead atoms. The average Bonchev–Trinajstić information content (AvgIpc) is 3.26. The number of amides is 1. The molecule has 134 valence electrons. The van der Waals surface area contributed by atoms with Crippen molar-refractivity contribution in [2.45, 2.75) is 51.1 Å². The van der Waals surface area contributed by atoms with Gasteiger partial charge in [0.2, 0.25) is 5.91 Å². The Hall–Kier alpha value is -2.01. The van der Waals surface area contributed by atoms with Gasteiger partial charge in [-0.15, -0.1) is 0 Å². The van der Waals surface area contributed by atoms with Crippen molar-refractivity contribution in [1.82, 2.24) is 14.9 Å². The first kappa shape index (κ1) is 17.8. The monoisotopic (exact) mass is 361 g/mol. The normalized spacial score (nSPS) is 19.8. The molecule has 1 aromatic heterocycles. The molecule has 0 aliphatic heterocycles. The van der Waals surface area contributed by atoms with Crippen molar-refractivity contribution >= 4 is 17.5 Å². The Morgan fingerprint density at radius 1 is 1.44 bits per heavy atom. The summed E-state index contributed by atoms with van der Waals surface area (Å²) < 4.78 is 7.79. The van der Waals surface area contributed by atoms with Crippen LogP contribution in [0.5, 0.6) is 5.75 Å². The van der Waals surface area contributed by atoms with E-state index in [0.717, 1.165) is 35.6 Å². The standard InChI is InChI=1S/C19H24ClN3O2/c1-14-12-15(7-8-16(14)20)25-11-3-6-19(24)22-17-4-2-5-18(17)23-10-9-21-13-23/h7-10,12-13,17-18H,2-6,11H2,1H3,(H,22,24). The maximum absolute atomic E-state index is 12.2. The molecule has 0 spiro atoms. The van der Waals surface area contributed by atoms with E-state index >= 15 is 0 Å². The lowest BCUT2D eigenvalue weighted by Crippen LogP contribution is -2.38. The van der Waals surface area contributed by atoms with Crippen LogP contribution in [-0.2, 0) is 4.79 Å². The van der Waals surface area contributed by atoms with Crippen LogP contribution in [0.1, 0.15) is 43.7 Å². The summed E-state index contributed by atoms with van der Waals surface area (Å²) in [6.07, 6.45) is 9.99. The fraction of sp³-hybridized carbons (Fsp3) is 0.474. The van der Waals surface area contributed by atoms with Crippen LogP contribution in [0.4, 0.5) is 0 Å². The Bertz CT molecular complexity index is 703. The molecule has 1 aliphatic rings. The minimum absolute atomic E-state index is 0.0906. The Morgan fingerprint density at radius 2 is 2.32 bits per heavy atom. The van der Waals surface area contributed by atoms with Crippen molar-refractivity contribution < 1.29 is 9.53 Å². The Morgan fingerprint density at radius 3 is 3.08 bits per heavy atom. The first-order valence-corrected chi connectivity index (χ1v) is 9.17. The van der Waals surface area contributed by atoms with Gasteiger partial charge in [0.25, 0.3) is 0 Å². The summed E-state index contributed by atoms with van der Waals surface area (Å²) in [6.45, 7) is 2.46. The molecule has 1 N–H and O–H groups in total. The van der Waals surface area contributed by atoms with Crippen molar-refractivity contribution in [3.8, 4) is 5.75 Å². The predicted molar refractivity (Wildman–Crippen MR) is 98.0 cm³/mol. The average molecular weight is 362 g/mol. The zero-order valence-electron chi connectivity index (χ0n) is 14.5. The first-order valence-electron chi connectivity index (χ1n) is 8.79. The molecular formula is C19H24ClN3O2. The van der Waals surface area contributed by atoms with Crippen molar-refractivity contribution in [3.63, 3.8) is 0 Å². The fourth-order valence-corrected chi connectivity index (χ4v) is 3.46. The summed E-state index contributed by atoms with van der Waals surface area (Å²) in [7, 11) is 0. The summed E-state index contributed by atoms with van der Waals surface area (Å²) in [4.78, 5) is 16.3. The highest BCUT2D eigenvalue weighted by Gasteiger charge is 2.29. The lowest BCUT2D eigenvalue weighted by molar-refractivity contribution is -0.122. The molecule has 0 saturated heterocycles. The molecule has 2 unspecified atom stereocenters. The molecule has 5 nitrogen and oxygen atoms in total. The summed E-state index contributed by atoms with van der Waals surface area (Å²) in [5.41, 5.74) is 0.990. The quantitative estimate of drug-likeness (QED) is 0.760. The topological polar surface area (TPSA) is 56.1 Å². The van der Waals surface area contributed by atoms with Crippen LogP contribution < -0.4 is 10.1 Å². The minimum Gasteiger partial charge on any atom is -0.494 e. The van der Waals surface area contributed by atoms with E-state index in [9.17, 15) is 4.79 Å². The largest absolute Gasteiger partial charge is 0.494 e. The maximum atomic E-state index is 12.2. The SMILES string of the molecule is Cc1cc(OCCCC(=O)NC2CCCC2n2ccnc2)ccc1Cl. The molecule has 2 aromatic rings. The van der Waals surface area contributed by atoms with E-state index in [0.29, 0.717) is 25.5 Å². The highest BCUT2D eigenvalue weighted by Crippen LogP contribution is 2.30. The van der Waals surface area contributed by atoms with Crippen LogP contribution in [0.2, 0.25) is 5.02 Å². The Balaban J connectivity index is 1.40. The molecule has 1 saturated carbocycles. The zero-order chi connectivity index (χ0) is 17.6. The molecule has 3 rings (SSSR count). The lowest BCUT2D eigenvalue weighted by atomic mass is 10.1. The number of halogens is 1. The second kappa shape index (κ2) is 8.39. The highest BCUT2D eigenvalue weighted by atomic mass is 35.5. The first-order chi connectivity index (χ1) is 12.1. The number of benzene rings is 1. The minimum atomic E-state index is 0.0906. The van der Waals surface area contributed by atoms with Crippen molar-refractivity contribution in [3.05, 3.63) is 47.5 Å². The number of carbonyl (C=O) groups is 1. The zero-order valence-corrected chi connectivity index (χ0v) is 15.2. The second-order valence-electron chi connectivity index (χ2n) is 6.55. The van der Waals surface area contributed by atoms with Gasteiger partial charge in [0.1, 0.15) is 5.75 Å².